The van der Waals surface area contributed by atoms with Crippen LogP contribution in [0.5, 0.6) is 0 Å². The van der Waals surface area contributed by atoms with E-state index in [9.17, 15) is 9.59 Å². The summed E-state index contributed by atoms with van der Waals surface area (Å²) >= 11 is 0. The van der Waals surface area contributed by atoms with Crippen molar-refractivity contribution < 1.29 is 19.5 Å². The van der Waals surface area contributed by atoms with Crippen LogP contribution in [0.3, 0.4) is 0 Å². The van der Waals surface area contributed by atoms with Gasteiger partial charge in [-0.3, -0.25) is 9.69 Å². The van der Waals surface area contributed by atoms with E-state index >= 15 is 0 Å². The molecule has 1 fully saturated rings. The van der Waals surface area contributed by atoms with Gasteiger partial charge < -0.3 is 15.3 Å². The Hall–Kier alpha value is -2.57. The SMILES string of the molecule is CC(=O)NC[C@H]1CN(c2ccc(/C(C)=N/O)cc2)C(=O)O1. The van der Waals surface area contributed by atoms with Gasteiger partial charge in [-0.25, -0.2) is 4.79 Å². The van der Waals surface area contributed by atoms with Gasteiger partial charge in [-0.2, -0.15) is 0 Å². The molecule has 0 unspecified atom stereocenters. The number of nitrogens with one attached hydrogen (secondary N) is 1. The number of benzene rings is 1. The molecule has 2 amide bonds. The molecular weight excluding hydrogens is 274 g/mol. The summed E-state index contributed by atoms with van der Waals surface area (Å²) in [7, 11) is 0. The first kappa shape index (κ1) is 14.8. The Kier molecular flexibility index (Phi) is 4.42. The normalized spacial score (nSPS) is 18.6. The molecule has 0 bridgehead atoms. The van der Waals surface area contributed by atoms with Crippen molar-refractivity contribution in [3.63, 3.8) is 0 Å². The second-order valence-electron chi connectivity index (χ2n) is 4.79. The smallest absolute Gasteiger partial charge is 0.414 e. The summed E-state index contributed by atoms with van der Waals surface area (Å²) < 4.78 is 5.19. The molecule has 0 aliphatic carbocycles. The Labute approximate surface area is 122 Å². The van der Waals surface area contributed by atoms with Crippen molar-refractivity contribution in [1.29, 1.82) is 0 Å². The van der Waals surface area contributed by atoms with E-state index in [0.29, 0.717) is 24.5 Å². The molecule has 1 aliphatic rings. The lowest BCUT2D eigenvalue weighted by atomic mass is 10.1. The maximum atomic E-state index is 11.8. The predicted molar refractivity (Wildman–Crippen MR) is 76.7 cm³/mol. The second-order valence-corrected chi connectivity index (χ2v) is 4.79. The molecular formula is C14H17N3O4. The topological polar surface area (TPSA) is 91.2 Å². The highest BCUT2D eigenvalue weighted by Crippen LogP contribution is 2.22. The monoisotopic (exact) mass is 291 g/mol. The van der Waals surface area contributed by atoms with Gasteiger partial charge in [-0.15, -0.1) is 0 Å². The number of amides is 2. The number of oxime groups is 1. The molecule has 1 heterocycles. The number of ether oxygens (including phenoxy) is 1. The summed E-state index contributed by atoms with van der Waals surface area (Å²) in [6, 6.07) is 7.04. The lowest BCUT2D eigenvalue weighted by molar-refractivity contribution is -0.119. The lowest BCUT2D eigenvalue weighted by Gasteiger charge is -2.13. The molecule has 1 aliphatic heterocycles. The minimum atomic E-state index is -0.439. The zero-order valence-corrected chi connectivity index (χ0v) is 11.9. The van der Waals surface area contributed by atoms with Crippen LogP contribution in [-0.2, 0) is 9.53 Å². The fourth-order valence-corrected chi connectivity index (χ4v) is 2.04. The van der Waals surface area contributed by atoms with E-state index in [2.05, 4.69) is 10.5 Å². The molecule has 0 aromatic heterocycles. The fourth-order valence-electron chi connectivity index (χ4n) is 2.04. The highest BCUT2D eigenvalue weighted by atomic mass is 16.6. The third kappa shape index (κ3) is 3.50. The summed E-state index contributed by atoms with van der Waals surface area (Å²) in [5, 5.41) is 14.5. The Bertz CT molecular complexity index is 568. The van der Waals surface area contributed by atoms with E-state index in [1.807, 2.05) is 0 Å². The van der Waals surface area contributed by atoms with Crippen LogP contribution in [0.2, 0.25) is 0 Å². The molecule has 2 rings (SSSR count). The molecule has 7 nitrogen and oxygen atoms in total. The van der Waals surface area contributed by atoms with Crippen LogP contribution < -0.4 is 10.2 Å². The molecule has 0 radical (unpaired) electrons. The largest absolute Gasteiger partial charge is 0.442 e. The van der Waals surface area contributed by atoms with E-state index in [1.54, 1.807) is 31.2 Å². The van der Waals surface area contributed by atoms with Gasteiger partial charge in [0.15, 0.2) is 0 Å². The van der Waals surface area contributed by atoms with Crippen LogP contribution in [0.15, 0.2) is 29.4 Å². The number of hydrogen-bond donors (Lipinski definition) is 2. The van der Waals surface area contributed by atoms with Crippen LogP contribution in [0.4, 0.5) is 10.5 Å². The predicted octanol–water partition coefficient (Wildman–Crippen LogP) is 1.35. The number of carbonyl (C=O) groups excluding carboxylic acids is 2. The summed E-state index contributed by atoms with van der Waals surface area (Å²) in [6.07, 6.45) is -0.799. The second kappa shape index (κ2) is 6.25. The molecule has 7 heteroatoms. The summed E-state index contributed by atoms with van der Waals surface area (Å²) in [5.74, 6) is -0.160. The van der Waals surface area contributed by atoms with E-state index in [4.69, 9.17) is 9.94 Å². The Morgan fingerprint density at radius 2 is 2.10 bits per heavy atom. The van der Waals surface area contributed by atoms with E-state index < -0.39 is 6.09 Å². The minimum absolute atomic E-state index is 0.160. The number of hydrogen-bond acceptors (Lipinski definition) is 5. The number of carbonyl (C=O) groups is 2. The molecule has 1 aromatic carbocycles. The van der Waals surface area contributed by atoms with E-state index in [1.165, 1.54) is 11.8 Å². The van der Waals surface area contributed by atoms with Crippen LogP contribution in [0.1, 0.15) is 19.4 Å². The van der Waals surface area contributed by atoms with Crippen molar-refractivity contribution in [3.05, 3.63) is 29.8 Å². The summed E-state index contributed by atoms with van der Waals surface area (Å²) in [4.78, 5) is 24.2. The standard InChI is InChI=1S/C14H17N3O4/c1-9(16-20)11-3-5-12(6-4-11)17-8-13(21-14(17)19)7-15-10(2)18/h3-6,13,20H,7-8H2,1-2H3,(H,15,18)/b16-9+/t13-/m0/s1. The quantitative estimate of drug-likeness (QED) is 0.497. The highest BCUT2D eigenvalue weighted by Gasteiger charge is 2.32. The Morgan fingerprint density at radius 1 is 1.43 bits per heavy atom. The molecule has 1 saturated heterocycles. The lowest BCUT2D eigenvalue weighted by Crippen LogP contribution is -2.33. The highest BCUT2D eigenvalue weighted by molar-refractivity contribution is 5.99. The van der Waals surface area contributed by atoms with Gasteiger partial charge in [0.05, 0.1) is 18.8 Å². The van der Waals surface area contributed by atoms with Gasteiger partial charge >= 0.3 is 6.09 Å². The van der Waals surface area contributed by atoms with Crippen molar-refractivity contribution in [1.82, 2.24) is 5.32 Å². The molecule has 0 saturated carbocycles. The number of anilines is 1. The number of cyclic esters (lactones) is 1. The van der Waals surface area contributed by atoms with E-state index in [-0.39, 0.29) is 12.0 Å². The third-order valence-electron chi connectivity index (χ3n) is 3.20. The first-order valence-electron chi connectivity index (χ1n) is 6.53. The van der Waals surface area contributed by atoms with Crippen LogP contribution in [-0.4, -0.2) is 42.1 Å². The Balaban J connectivity index is 2.05. The molecule has 2 N–H and O–H groups in total. The number of nitrogens with zero attached hydrogens (tertiary/aromatic N) is 2. The summed E-state index contributed by atoms with van der Waals surface area (Å²) in [6.45, 7) is 3.78. The van der Waals surface area contributed by atoms with Crippen molar-refractivity contribution in [3.8, 4) is 0 Å². The minimum Gasteiger partial charge on any atom is -0.442 e. The van der Waals surface area contributed by atoms with Gasteiger partial charge in [0.1, 0.15) is 6.10 Å². The fraction of sp³-hybridized carbons (Fsp3) is 0.357. The Morgan fingerprint density at radius 3 is 2.67 bits per heavy atom. The van der Waals surface area contributed by atoms with Crippen molar-refractivity contribution in [2.75, 3.05) is 18.0 Å². The zero-order valence-electron chi connectivity index (χ0n) is 11.9. The number of rotatable bonds is 4. The first-order chi connectivity index (χ1) is 10.0. The molecule has 21 heavy (non-hydrogen) atoms. The van der Waals surface area contributed by atoms with Gasteiger partial charge in [0, 0.05) is 12.6 Å². The van der Waals surface area contributed by atoms with Crippen LogP contribution in [0, 0.1) is 0 Å². The van der Waals surface area contributed by atoms with E-state index in [0.717, 1.165) is 5.56 Å². The van der Waals surface area contributed by atoms with Gasteiger partial charge in [0.2, 0.25) is 5.91 Å². The third-order valence-corrected chi connectivity index (χ3v) is 3.20. The van der Waals surface area contributed by atoms with Crippen LogP contribution in [0.25, 0.3) is 0 Å². The molecule has 0 spiro atoms. The summed E-state index contributed by atoms with van der Waals surface area (Å²) in [5.41, 5.74) is 1.96. The first-order valence-corrected chi connectivity index (χ1v) is 6.53. The maximum Gasteiger partial charge on any atom is 0.414 e. The average molecular weight is 291 g/mol. The molecule has 1 aromatic rings. The van der Waals surface area contributed by atoms with Crippen molar-refractivity contribution in [2.45, 2.75) is 20.0 Å². The molecule has 112 valence electrons. The average Bonchev–Trinajstić information content (AvgIpc) is 2.85. The van der Waals surface area contributed by atoms with Gasteiger partial charge in [0.25, 0.3) is 0 Å². The van der Waals surface area contributed by atoms with Gasteiger partial charge in [-0.1, -0.05) is 17.3 Å². The van der Waals surface area contributed by atoms with Crippen LogP contribution >= 0.6 is 0 Å². The van der Waals surface area contributed by atoms with Gasteiger partial charge in [-0.05, 0) is 24.6 Å². The molecule has 1 atom stereocenters. The maximum absolute atomic E-state index is 11.8. The van der Waals surface area contributed by atoms with Crippen molar-refractivity contribution >= 4 is 23.4 Å². The van der Waals surface area contributed by atoms with Crippen molar-refractivity contribution in [2.24, 2.45) is 5.16 Å². The zero-order chi connectivity index (χ0) is 15.4.